The van der Waals surface area contributed by atoms with Crippen LogP contribution in [0.25, 0.3) is 11.1 Å². The van der Waals surface area contributed by atoms with Crippen LogP contribution in [0.5, 0.6) is 0 Å². The number of piperidine rings is 1. The van der Waals surface area contributed by atoms with Crippen LogP contribution in [0, 0.1) is 12.8 Å². The van der Waals surface area contributed by atoms with Crippen molar-refractivity contribution in [3.8, 4) is 0 Å². The SMILES string of the molecule is Cc1noc2nc(C(C)C)cc(C(=O)N3CCC(C(=O)NCCCOC(C)C)CC3)c12. The van der Waals surface area contributed by atoms with Crippen LogP contribution in [-0.4, -0.2) is 59.2 Å². The van der Waals surface area contributed by atoms with E-state index in [-0.39, 0.29) is 29.8 Å². The maximum atomic E-state index is 13.3. The molecule has 3 heterocycles. The Hall–Kier alpha value is -2.48. The third kappa shape index (κ3) is 5.61. The number of hydrogen-bond donors (Lipinski definition) is 1. The van der Waals surface area contributed by atoms with Gasteiger partial charge in [0.15, 0.2) is 0 Å². The van der Waals surface area contributed by atoms with Crippen molar-refractivity contribution in [1.82, 2.24) is 20.4 Å². The molecular weight excluding hydrogens is 396 g/mol. The van der Waals surface area contributed by atoms with Crippen LogP contribution >= 0.6 is 0 Å². The van der Waals surface area contributed by atoms with E-state index in [0.29, 0.717) is 61.4 Å². The monoisotopic (exact) mass is 430 g/mol. The van der Waals surface area contributed by atoms with E-state index in [2.05, 4.69) is 15.5 Å². The molecule has 2 aromatic heterocycles. The van der Waals surface area contributed by atoms with Gasteiger partial charge in [0, 0.05) is 37.9 Å². The Morgan fingerprint density at radius 2 is 1.97 bits per heavy atom. The molecule has 1 aliphatic heterocycles. The zero-order chi connectivity index (χ0) is 22.5. The van der Waals surface area contributed by atoms with Crippen LogP contribution < -0.4 is 5.32 Å². The van der Waals surface area contributed by atoms with E-state index in [4.69, 9.17) is 9.26 Å². The normalized spacial score (nSPS) is 15.3. The molecule has 1 fully saturated rings. The summed E-state index contributed by atoms with van der Waals surface area (Å²) in [5, 5.41) is 7.68. The van der Waals surface area contributed by atoms with E-state index >= 15 is 0 Å². The first-order chi connectivity index (χ1) is 14.8. The molecule has 0 unspecified atom stereocenters. The summed E-state index contributed by atoms with van der Waals surface area (Å²) in [5.41, 5.74) is 2.46. The minimum atomic E-state index is -0.0592. The van der Waals surface area contributed by atoms with Gasteiger partial charge < -0.3 is 19.5 Å². The van der Waals surface area contributed by atoms with E-state index in [9.17, 15) is 9.59 Å². The summed E-state index contributed by atoms with van der Waals surface area (Å²) in [4.78, 5) is 32.1. The predicted octanol–water partition coefficient (Wildman–Crippen LogP) is 3.44. The second kappa shape index (κ2) is 10.2. The van der Waals surface area contributed by atoms with Crippen molar-refractivity contribution in [2.45, 2.75) is 65.9 Å². The topological polar surface area (TPSA) is 97.6 Å². The average Bonchev–Trinajstić information content (AvgIpc) is 3.13. The van der Waals surface area contributed by atoms with Crippen LogP contribution in [-0.2, 0) is 9.53 Å². The molecular formula is C23H34N4O4. The number of carbonyl (C=O) groups is 2. The molecule has 1 aliphatic rings. The van der Waals surface area contributed by atoms with Gasteiger partial charge in [0.25, 0.3) is 11.6 Å². The van der Waals surface area contributed by atoms with Crippen molar-refractivity contribution in [3.05, 3.63) is 23.0 Å². The first kappa shape index (κ1) is 23.2. The van der Waals surface area contributed by atoms with E-state index in [1.807, 2.05) is 45.6 Å². The standard InChI is InChI=1S/C23H34N4O4/c1-14(2)19-13-18(20-16(5)26-31-22(20)25-19)23(29)27-10-7-17(8-11-27)21(28)24-9-6-12-30-15(3)4/h13-15,17H,6-12H2,1-5H3,(H,24,28). The smallest absolute Gasteiger partial charge is 0.259 e. The third-order valence-corrected chi connectivity index (χ3v) is 5.68. The second-order valence-electron chi connectivity index (χ2n) is 8.83. The van der Waals surface area contributed by atoms with E-state index in [1.54, 1.807) is 0 Å². The summed E-state index contributed by atoms with van der Waals surface area (Å²) >= 11 is 0. The number of fused-ring (bicyclic) bond motifs is 1. The minimum absolute atomic E-state index is 0.0507. The predicted molar refractivity (Wildman–Crippen MR) is 118 cm³/mol. The molecule has 0 bridgehead atoms. The molecule has 1 N–H and O–H groups in total. The van der Waals surface area contributed by atoms with Crippen molar-refractivity contribution in [3.63, 3.8) is 0 Å². The van der Waals surface area contributed by atoms with Gasteiger partial charge in [-0.15, -0.1) is 0 Å². The number of nitrogens with zero attached hydrogens (tertiary/aromatic N) is 3. The van der Waals surface area contributed by atoms with Gasteiger partial charge in [-0.2, -0.15) is 0 Å². The number of nitrogens with one attached hydrogen (secondary N) is 1. The van der Waals surface area contributed by atoms with Gasteiger partial charge in [-0.05, 0) is 52.0 Å². The zero-order valence-electron chi connectivity index (χ0n) is 19.2. The van der Waals surface area contributed by atoms with Crippen LogP contribution in [0.2, 0.25) is 0 Å². The van der Waals surface area contributed by atoms with Crippen molar-refractivity contribution in [1.29, 1.82) is 0 Å². The Morgan fingerprint density at radius 3 is 2.61 bits per heavy atom. The number of ether oxygens (including phenoxy) is 1. The summed E-state index contributed by atoms with van der Waals surface area (Å²) in [6.45, 7) is 12.3. The van der Waals surface area contributed by atoms with Crippen molar-refractivity contribution in [2.24, 2.45) is 5.92 Å². The molecule has 0 spiro atoms. The van der Waals surface area contributed by atoms with Crippen LogP contribution in [0.4, 0.5) is 0 Å². The number of pyridine rings is 1. The van der Waals surface area contributed by atoms with E-state index in [0.717, 1.165) is 12.1 Å². The first-order valence-corrected chi connectivity index (χ1v) is 11.2. The minimum Gasteiger partial charge on any atom is -0.379 e. The molecule has 170 valence electrons. The number of hydrogen-bond acceptors (Lipinski definition) is 6. The fourth-order valence-corrected chi connectivity index (χ4v) is 3.84. The van der Waals surface area contributed by atoms with Crippen molar-refractivity contribution >= 4 is 22.9 Å². The number of rotatable bonds is 8. The Labute approximate surface area is 183 Å². The van der Waals surface area contributed by atoms with Gasteiger partial charge >= 0.3 is 0 Å². The fraction of sp³-hybridized carbons (Fsp3) is 0.652. The molecule has 2 aromatic rings. The summed E-state index contributed by atoms with van der Waals surface area (Å²) in [5.74, 6) is 0.128. The number of likely N-dealkylation sites (tertiary alicyclic amines) is 1. The first-order valence-electron chi connectivity index (χ1n) is 11.2. The Kier molecular flexibility index (Phi) is 7.64. The lowest BCUT2D eigenvalue weighted by Crippen LogP contribution is -2.43. The summed E-state index contributed by atoms with van der Waals surface area (Å²) in [6.07, 6.45) is 2.33. The molecule has 8 heteroatoms. The zero-order valence-corrected chi connectivity index (χ0v) is 19.2. The Morgan fingerprint density at radius 1 is 1.26 bits per heavy atom. The highest BCUT2D eigenvalue weighted by molar-refractivity contribution is 6.06. The second-order valence-corrected chi connectivity index (χ2v) is 8.83. The van der Waals surface area contributed by atoms with E-state index in [1.165, 1.54) is 0 Å². The quantitative estimate of drug-likeness (QED) is 0.644. The van der Waals surface area contributed by atoms with Crippen LogP contribution in [0.15, 0.2) is 10.6 Å². The molecule has 8 nitrogen and oxygen atoms in total. The fourth-order valence-electron chi connectivity index (χ4n) is 3.84. The molecule has 2 amide bonds. The summed E-state index contributed by atoms with van der Waals surface area (Å²) in [7, 11) is 0. The third-order valence-electron chi connectivity index (χ3n) is 5.68. The summed E-state index contributed by atoms with van der Waals surface area (Å²) in [6, 6.07) is 1.86. The van der Waals surface area contributed by atoms with Gasteiger partial charge in [-0.1, -0.05) is 19.0 Å². The lowest BCUT2D eigenvalue weighted by Gasteiger charge is -2.31. The number of aryl methyl sites for hydroxylation is 1. The lowest BCUT2D eigenvalue weighted by molar-refractivity contribution is -0.126. The van der Waals surface area contributed by atoms with Gasteiger partial charge in [-0.3, -0.25) is 9.59 Å². The lowest BCUT2D eigenvalue weighted by atomic mass is 9.95. The van der Waals surface area contributed by atoms with Crippen molar-refractivity contribution in [2.75, 3.05) is 26.2 Å². The van der Waals surface area contributed by atoms with Crippen LogP contribution in [0.3, 0.4) is 0 Å². The molecule has 0 atom stereocenters. The van der Waals surface area contributed by atoms with Gasteiger partial charge in [0.2, 0.25) is 5.91 Å². The largest absolute Gasteiger partial charge is 0.379 e. The number of carbonyl (C=O) groups excluding carboxylic acids is 2. The van der Waals surface area contributed by atoms with Crippen molar-refractivity contribution < 1.29 is 18.8 Å². The molecule has 1 saturated heterocycles. The highest BCUT2D eigenvalue weighted by Crippen LogP contribution is 2.27. The molecule has 0 aromatic carbocycles. The molecule has 0 aliphatic carbocycles. The highest BCUT2D eigenvalue weighted by Gasteiger charge is 2.30. The number of aromatic nitrogens is 2. The Bertz CT molecular complexity index is 914. The average molecular weight is 431 g/mol. The summed E-state index contributed by atoms with van der Waals surface area (Å²) < 4.78 is 10.8. The molecule has 0 radical (unpaired) electrons. The maximum Gasteiger partial charge on any atom is 0.259 e. The van der Waals surface area contributed by atoms with E-state index < -0.39 is 0 Å². The molecule has 3 rings (SSSR count). The van der Waals surface area contributed by atoms with Crippen LogP contribution in [0.1, 0.15) is 74.6 Å². The van der Waals surface area contributed by atoms with Gasteiger partial charge in [0.1, 0.15) is 0 Å². The van der Waals surface area contributed by atoms with Gasteiger partial charge in [0.05, 0.1) is 22.7 Å². The molecule has 31 heavy (non-hydrogen) atoms. The maximum absolute atomic E-state index is 13.3. The van der Waals surface area contributed by atoms with Gasteiger partial charge in [-0.25, -0.2) is 4.98 Å². The Balaban J connectivity index is 1.59. The number of amides is 2. The highest BCUT2D eigenvalue weighted by atomic mass is 16.5. The molecule has 0 saturated carbocycles.